The molecule has 0 radical (unpaired) electrons. The summed E-state index contributed by atoms with van der Waals surface area (Å²) in [4.78, 5) is 0. The highest BCUT2D eigenvalue weighted by molar-refractivity contribution is 5.34. The summed E-state index contributed by atoms with van der Waals surface area (Å²) in [6.45, 7) is -2.78. The first-order valence-electron chi connectivity index (χ1n) is 7.36. The maximum absolute atomic E-state index is 12.1. The topological polar surface area (TPSA) is 35.2 Å². The Balaban J connectivity index is 1.67. The Hall–Kier alpha value is -1.16. The molecule has 2 saturated carbocycles. The standard InChI is InChI=1S/C16H21F2NO/c17-14(18)20-13-6-4-12(5-7-13)16(19)10-15(11-16)8-2-1-3-9-15/h4-7,14H,1-3,8-11,19H2. The predicted molar refractivity (Wildman–Crippen MR) is 73.7 cm³/mol. The molecule has 1 aromatic carbocycles. The van der Waals surface area contributed by atoms with E-state index in [1.54, 1.807) is 12.1 Å². The smallest absolute Gasteiger partial charge is 0.387 e. The van der Waals surface area contributed by atoms with Gasteiger partial charge in [-0.05, 0) is 48.8 Å². The normalized spacial score (nSPS) is 23.6. The van der Waals surface area contributed by atoms with Crippen LogP contribution in [0.15, 0.2) is 24.3 Å². The van der Waals surface area contributed by atoms with Crippen molar-refractivity contribution >= 4 is 0 Å². The zero-order valence-corrected chi connectivity index (χ0v) is 11.6. The number of rotatable bonds is 3. The lowest BCUT2D eigenvalue weighted by Crippen LogP contribution is -2.56. The lowest BCUT2D eigenvalue weighted by atomic mass is 9.51. The van der Waals surface area contributed by atoms with E-state index < -0.39 is 6.61 Å². The molecule has 1 spiro atoms. The van der Waals surface area contributed by atoms with Gasteiger partial charge in [0.25, 0.3) is 0 Å². The first-order valence-corrected chi connectivity index (χ1v) is 7.36. The molecular weight excluding hydrogens is 260 g/mol. The van der Waals surface area contributed by atoms with E-state index in [1.165, 1.54) is 32.1 Å². The largest absolute Gasteiger partial charge is 0.435 e. The van der Waals surface area contributed by atoms with Crippen molar-refractivity contribution in [3.63, 3.8) is 0 Å². The van der Waals surface area contributed by atoms with Crippen LogP contribution < -0.4 is 10.5 Å². The molecule has 0 atom stereocenters. The van der Waals surface area contributed by atoms with Crippen LogP contribution in [0.4, 0.5) is 8.78 Å². The summed E-state index contributed by atoms with van der Waals surface area (Å²) >= 11 is 0. The Bertz CT molecular complexity index is 458. The molecule has 1 aromatic rings. The van der Waals surface area contributed by atoms with E-state index in [-0.39, 0.29) is 11.3 Å². The molecule has 0 bridgehead atoms. The number of ether oxygens (including phenoxy) is 1. The van der Waals surface area contributed by atoms with E-state index in [0.717, 1.165) is 18.4 Å². The maximum Gasteiger partial charge on any atom is 0.387 e. The highest BCUT2D eigenvalue weighted by Gasteiger charge is 2.52. The Morgan fingerprint density at radius 2 is 1.60 bits per heavy atom. The molecule has 0 amide bonds. The van der Waals surface area contributed by atoms with Crippen LogP contribution in [0.2, 0.25) is 0 Å². The fourth-order valence-electron chi connectivity index (χ4n) is 4.11. The van der Waals surface area contributed by atoms with Crippen molar-refractivity contribution in [1.82, 2.24) is 0 Å². The molecule has 2 fully saturated rings. The van der Waals surface area contributed by atoms with Crippen LogP contribution in [-0.2, 0) is 5.54 Å². The number of alkyl halides is 2. The highest BCUT2D eigenvalue weighted by Crippen LogP contribution is 2.59. The number of nitrogens with two attached hydrogens (primary N) is 1. The third-order valence-corrected chi connectivity index (χ3v) is 4.95. The van der Waals surface area contributed by atoms with Gasteiger partial charge in [0.1, 0.15) is 5.75 Å². The molecule has 2 nitrogen and oxygen atoms in total. The van der Waals surface area contributed by atoms with E-state index >= 15 is 0 Å². The van der Waals surface area contributed by atoms with E-state index in [2.05, 4.69) is 4.74 Å². The van der Waals surface area contributed by atoms with Gasteiger partial charge >= 0.3 is 6.61 Å². The number of halogens is 2. The zero-order chi connectivity index (χ0) is 14.2. The zero-order valence-electron chi connectivity index (χ0n) is 11.6. The van der Waals surface area contributed by atoms with Gasteiger partial charge in [-0.15, -0.1) is 0 Å². The fourth-order valence-corrected chi connectivity index (χ4v) is 4.11. The van der Waals surface area contributed by atoms with Crippen molar-refractivity contribution in [3.8, 4) is 5.75 Å². The fraction of sp³-hybridized carbons (Fsp3) is 0.625. The average molecular weight is 281 g/mol. The summed E-state index contributed by atoms with van der Waals surface area (Å²) < 4.78 is 28.6. The molecule has 4 heteroatoms. The number of benzene rings is 1. The quantitative estimate of drug-likeness (QED) is 0.901. The van der Waals surface area contributed by atoms with E-state index in [9.17, 15) is 8.78 Å². The Morgan fingerprint density at radius 1 is 1.00 bits per heavy atom. The van der Waals surface area contributed by atoms with Crippen LogP contribution in [0.3, 0.4) is 0 Å². The molecule has 2 N–H and O–H groups in total. The number of hydrogen-bond acceptors (Lipinski definition) is 2. The van der Waals surface area contributed by atoms with Gasteiger partial charge in [-0.1, -0.05) is 31.4 Å². The molecule has 0 heterocycles. The van der Waals surface area contributed by atoms with Crippen molar-refractivity contribution in [1.29, 1.82) is 0 Å². The lowest BCUT2D eigenvalue weighted by Gasteiger charge is -2.57. The van der Waals surface area contributed by atoms with E-state index in [4.69, 9.17) is 5.73 Å². The molecule has 2 aliphatic rings. The minimum absolute atomic E-state index is 0.194. The molecule has 110 valence electrons. The third-order valence-electron chi connectivity index (χ3n) is 4.95. The maximum atomic E-state index is 12.1. The van der Waals surface area contributed by atoms with Crippen LogP contribution in [0, 0.1) is 5.41 Å². The summed E-state index contributed by atoms with van der Waals surface area (Å²) in [5.41, 5.74) is 7.70. The molecule has 0 saturated heterocycles. The van der Waals surface area contributed by atoms with Crippen LogP contribution >= 0.6 is 0 Å². The van der Waals surface area contributed by atoms with Gasteiger partial charge in [0.15, 0.2) is 0 Å². The first kappa shape index (κ1) is 13.8. The summed E-state index contributed by atoms with van der Waals surface area (Å²) in [5, 5.41) is 0. The summed E-state index contributed by atoms with van der Waals surface area (Å²) in [5.74, 6) is 0.194. The van der Waals surface area contributed by atoms with Gasteiger partial charge in [-0.3, -0.25) is 0 Å². The van der Waals surface area contributed by atoms with Crippen molar-refractivity contribution in [2.24, 2.45) is 11.1 Å². The third kappa shape index (κ3) is 2.53. The van der Waals surface area contributed by atoms with Crippen molar-refractivity contribution in [2.45, 2.75) is 57.1 Å². The van der Waals surface area contributed by atoms with Gasteiger partial charge in [0, 0.05) is 5.54 Å². The van der Waals surface area contributed by atoms with E-state index in [1.807, 2.05) is 12.1 Å². The second-order valence-corrected chi connectivity index (χ2v) is 6.47. The van der Waals surface area contributed by atoms with Crippen molar-refractivity contribution in [3.05, 3.63) is 29.8 Å². The SMILES string of the molecule is NC1(c2ccc(OC(F)F)cc2)CC2(CCCCC2)C1. The van der Waals surface area contributed by atoms with Crippen LogP contribution in [0.25, 0.3) is 0 Å². The molecule has 0 unspecified atom stereocenters. The summed E-state index contributed by atoms with van der Waals surface area (Å²) in [6, 6.07) is 6.82. The van der Waals surface area contributed by atoms with E-state index in [0.29, 0.717) is 5.41 Å². The minimum atomic E-state index is -2.78. The van der Waals surface area contributed by atoms with Crippen LogP contribution in [0.5, 0.6) is 5.75 Å². The molecule has 0 aromatic heterocycles. The molecule has 0 aliphatic heterocycles. The van der Waals surface area contributed by atoms with Crippen molar-refractivity contribution in [2.75, 3.05) is 0 Å². The van der Waals surface area contributed by atoms with Crippen molar-refractivity contribution < 1.29 is 13.5 Å². The minimum Gasteiger partial charge on any atom is -0.435 e. The van der Waals surface area contributed by atoms with Gasteiger partial charge in [-0.2, -0.15) is 8.78 Å². The molecule has 20 heavy (non-hydrogen) atoms. The first-order chi connectivity index (χ1) is 9.51. The van der Waals surface area contributed by atoms with Crippen LogP contribution in [-0.4, -0.2) is 6.61 Å². The Morgan fingerprint density at radius 3 is 2.15 bits per heavy atom. The van der Waals surface area contributed by atoms with Gasteiger partial charge < -0.3 is 10.5 Å². The second-order valence-electron chi connectivity index (χ2n) is 6.47. The molecular formula is C16H21F2NO. The molecule has 2 aliphatic carbocycles. The van der Waals surface area contributed by atoms with Gasteiger partial charge in [-0.25, -0.2) is 0 Å². The van der Waals surface area contributed by atoms with Gasteiger partial charge in [0.2, 0.25) is 0 Å². The monoisotopic (exact) mass is 281 g/mol. The highest BCUT2D eigenvalue weighted by atomic mass is 19.3. The summed E-state index contributed by atoms with van der Waals surface area (Å²) in [6.07, 6.45) is 8.61. The molecule has 3 rings (SSSR count). The predicted octanol–water partition coefficient (Wildman–Crippen LogP) is 4.19. The Kier molecular flexibility index (Phi) is 3.44. The van der Waals surface area contributed by atoms with Gasteiger partial charge in [0.05, 0.1) is 0 Å². The summed E-state index contributed by atoms with van der Waals surface area (Å²) in [7, 11) is 0. The average Bonchev–Trinajstić information content (AvgIpc) is 2.38. The van der Waals surface area contributed by atoms with Crippen LogP contribution in [0.1, 0.15) is 50.5 Å². The second kappa shape index (κ2) is 4.99. The Labute approximate surface area is 118 Å². The number of hydrogen-bond donors (Lipinski definition) is 1. The lowest BCUT2D eigenvalue weighted by molar-refractivity contribution is -0.0499.